The summed E-state index contributed by atoms with van der Waals surface area (Å²) in [6.45, 7) is 0.713. The number of ketones is 2. The summed E-state index contributed by atoms with van der Waals surface area (Å²) in [6, 6.07) is 5.61. The summed E-state index contributed by atoms with van der Waals surface area (Å²) in [6.07, 6.45) is 7.00. The summed E-state index contributed by atoms with van der Waals surface area (Å²) in [7, 11) is 0. The molecule has 0 aliphatic heterocycles. The van der Waals surface area contributed by atoms with Crippen LogP contribution in [0.15, 0.2) is 35.1 Å². The van der Waals surface area contributed by atoms with E-state index < -0.39 is 6.10 Å². The molecule has 2 aliphatic carbocycles. The van der Waals surface area contributed by atoms with Crippen LogP contribution in [0, 0.1) is 11.8 Å². The van der Waals surface area contributed by atoms with Crippen LogP contribution in [0.4, 0.5) is 0 Å². The van der Waals surface area contributed by atoms with Crippen LogP contribution in [0.3, 0.4) is 0 Å². The highest BCUT2D eigenvalue weighted by atomic mass is 16.5. The molecule has 0 saturated heterocycles. The number of pyridine rings is 1. The number of aliphatic hydroxyl groups excluding tert-OH is 1. The molecule has 2 aromatic rings. The van der Waals surface area contributed by atoms with Crippen molar-refractivity contribution in [2.45, 2.75) is 51.2 Å². The highest BCUT2D eigenvalue weighted by Crippen LogP contribution is 2.34. The SMILES string of the molecule is O=C1C[C@H](COCc2ccco2)[C@@H](CCc2ccnc3c2CCCC3O)C1=O. The molecule has 148 valence electrons. The minimum absolute atomic E-state index is 0.0850. The zero-order valence-corrected chi connectivity index (χ0v) is 15.8. The lowest BCUT2D eigenvalue weighted by Gasteiger charge is -2.23. The zero-order chi connectivity index (χ0) is 19.5. The van der Waals surface area contributed by atoms with E-state index in [-0.39, 0.29) is 29.8 Å². The molecule has 1 fully saturated rings. The van der Waals surface area contributed by atoms with Gasteiger partial charge in [0.1, 0.15) is 12.4 Å². The van der Waals surface area contributed by atoms with Gasteiger partial charge in [-0.05, 0) is 67.3 Å². The van der Waals surface area contributed by atoms with Gasteiger partial charge in [-0.3, -0.25) is 14.6 Å². The van der Waals surface area contributed by atoms with Crippen molar-refractivity contribution in [1.82, 2.24) is 4.98 Å². The van der Waals surface area contributed by atoms with Crippen LogP contribution in [-0.4, -0.2) is 28.3 Å². The molecule has 6 heteroatoms. The Labute approximate surface area is 163 Å². The maximum Gasteiger partial charge on any atom is 0.201 e. The van der Waals surface area contributed by atoms with Gasteiger partial charge in [-0.15, -0.1) is 0 Å². The van der Waals surface area contributed by atoms with Crippen molar-refractivity contribution < 1.29 is 23.8 Å². The molecule has 0 radical (unpaired) electrons. The fourth-order valence-electron chi connectivity index (χ4n) is 4.43. The second kappa shape index (κ2) is 8.37. The minimum Gasteiger partial charge on any atom is -0.467 e. The van der Waals surface area contributed by atoms with Gasteiger partial charge in [0.05, 0.1) is 24.7 Å². The Morgan fingerprint density at radius 1 is 1.29 bits per heavy atom. The molecule has 4 rings (SSSR count). The number of carbonyl (C=O) groups excluding carboxylic acids is 2. The topological polar surface area (TPSA) is 89.6 Å². The van der Waals surface area contributed by atoms with Crippen molar-refractivity contribution in [2.75, 3.05) is 6.61 Å². The summed E-state index contributed by atoms with van der Waals surface area (Å²) in [5.74, 6) is -0.216. The lowest BCUT2D eigenvalue weighted by molar-refractivity contribution is -0.135. The summed E-state index contributed by atoms with van der Waals surface area (Å²) in [5, 5.41) is 10.2. The van der Waals surface area contributed by atoms with Gasteiger partial charge in [-0.1, -0.05) is 0 Å². The van der Waals surface area contributed by atoms with Crippen LogP contribution in [0.1, 0.15) is 54.4 Å². The Hall–Kier alpha value is -2.31. The number of nitrogens with zero attached hydrogens (tertiary/aromatic N) is 1. The van der Waals surface area contributed by atoms with E-state index in [0.29, 0.717) is 26.1 Å². The molecule has 2 aromatic heterocycles. The lowest BCUT2D eigenvalue weighted by atomic mass is 9.85. The van der Waals surface area contributed by atoms with Crippen LogP contribution < -0.4 is 0 Å². The van der Waals surface area contributed by atoms with Crippen molar-refractivity contribution in [3.63, 3.8) is 0 Å². The molecule has 2 aliphatic rings. The fourth-order valence-corrected chi connectivity index (χ4v) is 4.43. The summed E-state index contributed by atoms with van der Waals surface area (Å²) < 4.78 is 11.0. The predicted octanol–water partition coefficient (Wildman–Crippen LogP) is 2.97. The second-order valence-corrected chi connectivity index (χ2v) is 7.73. The van der Waals surface area contributed by atoms with Crippen LogP contribution in [0.25, 0.3) is 0 Å². The molecule has 0 aromatic carbocycles. The number of aromatic nitrogens is 1. The monoisotopic (exact) mass is 383 g/mol. The Morgan fingerprint density at radius 2 is 2.18 bits per heavy atom. The Balaban J connectivity index is 1.40. The number of carbonyl (C=O) groups is 2. The first-order chi connectivity index (χ1) is 13.6. The minimum atomic E-state index is -0.499. The second-order valence-electron chi connectivity index (χ2n) is 7.73. The number of ether oxygens (including phenoxy) is 1. The van der Waals surface area contributed by atoms with Gasteiger partial charge >= 0.3 is 0 Å². The average Bonchev–Trinajstić information content (AvgIpc) is 3.30. The molecule has 0 bridgehead atoms. The molecule has 1 saturated carbocycles. The summed E-state index contributed by atoms with van der Waals surface area (Å²) in [5.41, 5.74) is 3.02. The average molecular weight is 383 g/mol. The van der Waals surface area contributed by atoms with Gasteiger partial charge in [-0.2, -0.15) is 0 Å². The lowest BCUT2D eigenvalue weighted by Crippen LogP contribution is -2.22. The fraction of sp³-hybridized carbons (Fsp3) is 0.500. The Kier molecular flexibility index (Phi) is 5.69. The summed E-state index contributed by atoms with van der Waals surface area (Å²) >= 11 is 0. The maximum atomic E-state index is 12.4. The van der Waals surface area contributed by atoms with E-state index in [9.17, 15) is 14.7 Å². The van der Waals surface area contributed by atoms with Crippen molar-refractivity contribution in [3.05, 3.63) is 53.2 Å². The van der Waals surface area contributed by atoms with E-state index in [4.69, 9.17) is 9.15 Å². The predicted molar refractivity (Wildman–Crippen MR) is 100 cm³/mol. The van der Waals surface area contributed by atoms with Crippen LogP contribution >= 0.6 is 0 Å². The number of furan rings is 1. The van der Waals surface area contributed by atoms with E-state index in [0.717, 1.165) is 41.8 Å². The third-order valence-electron chi connectivity index (χ3n) is 5.92. The number of aliphatic hydroxyl groups is 1. The van der Waals surface area contributed by atoms with Crippen LogP contribution in [-0.2, 0) is 33.8 Å². The molecular formula is C22H25NO5. The molecule has 6 nitrogen and oxygen atoms in total. The highest BCUT2D eigenvalue weighted by Gasteiger charge is 2.41. The highest BCUT2D eigenvalue weighted by molar-refractivity contribution is 6.40. The normalized spacial score (nSPS) is 24.5. The smallest absolute Gasteiger partial charge is 0.201 e. The molecule has 0 spiro atoms. The molecular weight excluding hydrogens is 358 g/mol. The van der Waals surface area contributed by atoms with Gasteiger partial charge in [0.25, 0.3) is 0 Å². The molecule has 1 unspecified atom stereocenters. The first kappa shape index (κ1) is 19.0. The number of fused-ring (bicyclic) bond motifs is 1. The van der Waals surface area contributed by atoms with Gasteiger partial charge in [0, 0.05) is 18.5 Å². The molecule has 2 heterocycles. The number of Topliss-reactive ketones (excluding diaryl/α,β-unsaturated/α-hetero) is 2. The van der Waals surface area contributed by atoms with Crippen molar-refractivity contribution in [2.24, 2.45) is 11.8 Å². The third kappa shape index (κ3) is 3.93. The van der Waals surface area contributed by atoms with Crippen LogP contribution in [0.5, 0.6) is 0 Å². The molecule has 28 heavy (non-hydrogen) atoms. The Morgan fingerprint density at radius 3 is 3.00 bits per heavy atom. The van der Waals surface area contributed by atoms with Crippen LogP contribution in [0.2, 0.25) is 0 Å². The maximum absolute atomic E-state index is 12.4. The first-order valence-corrected chi connectivity index (χ1v) is 9.95. The van der Waals surface area contributed by atoms with Crippen molar-refractivity contribution in [3.8, 4) is 0 Å². The summed E-state index contributed by atoms with van der Waals surface area (Å²) in [4.78, 5) is 28.7. The standard InChI is InChI=1S/C22H25NO5/c24-19-5-1-4-17-14(8-9-23-21(17)19)6-7-18-15(11-20(25)22(18)26)12-27-13-16-3-2-10-28-16/h2-3,8-10,15,18-19,24H,1,4-7,11-13H2/t15-,18-,19?/m1/s1. The Bertz CT molecular complexity index is 845. The third-order valence-corrected chi connectivity index (χ3v) is 5.92. The number of aryl methyl sites for hydroxylation is 1. The zero-order valence-electron chi connectivity index (χ0n) is 15.8. The van der Waals surface area contributed by atoms with Gasteiger partial charge in [0.2, 0.25) is 5.78 Å². The van der Waals surface area contributed by atoms with Crippen molar-refractivity contribution >= 4 is 11.6 Å². The van der Waals surface area contributed by atoms with Gasteiger partial charge in [-0.25, -0.2) is 0 Å². The number of rotatable bonds is 7. The van der Waals surface area contributed by atoms with Gasteiger partial charge in [0.15, 0.2) is 5.78 Å². The van der Waals surface area contributed by atoms with Gasteiger partial charge < -0.3 is 14.3 Å². The molecule has 3 atom stereocenters. The quantitative estimate of drug-likeness (QED) is 0.740. The van der Waals surface area contributed by atoms with E-state index in [1.807, 2.05) is 12.1 Å². The van der Waals surface area contributed by atoms with E-state index >= 15 is 0 Å². The molecule has 0 amide bonds. The number of hydrogen-bond acceptors (Lipinski definition) is 6. The van der Waals surface area contributed by atoms with E-state index in [1.165, 1.54) is 0 Å². The van der Waals surface area contributed by atoms with E-state index in [1.54, 1.807) is 18.5 Å². The largest absolute Gasteiger partial charge is 0.467 e. The van der Waals surface area contributed by atoms with E-state index in [2.05, 4.69) is 4.98 Å². The number of hydrogen-bond donors (Lipinski definition) is 1. The first-order valence-electron chi connectivity index (χ1n) is 9.95. The van der Waals surface area contributed by atoms with Crippen molar-refractivity contribution in [1.29, 1.82) is 0 Å². The molecule has 1 N–H and O–H groups in total.